The zero-order chi connectivity index (χ0) is 13.8. The van der Waals surface area contributed by atoms with E-state index in [1.807, 2.05) is 6.07 Å². The summed E-state index contributed by atoms with van der Waals surface area (Å²) in [7, 11) is 0. The van der Waals surface area contributed by atoms with Crippen LogP contribution in [0.2, 0.25) is 0 Å². The van der Waals surface area contributed by atoms with Crippen LogP contribution in [0.5, 0.6) is 0 Å². The van der Waals surface area contributed by atoms with Crippen molar-refractivity contribution in [2.75, 3.05) is 11.1 Å². The molecule has 0 fully saturated rings. The molecule has 0 radical (unpaired) electrons. The van der Waals surface area contributed by atoms with Crippen LogP contribution in [-0.4, -0.2) is 5.91 Å². The van der Waals surface area contributed by atoms with Crippen LogP contribution in [0.1, 0.15) is 15.9 Å². The van der Waals surface area contributed by atoms with Crippen LogP contribution < -0.4 is 11.1 Å². The Morgan fingerprint density at radius 2 is 2.05 bits per heavy atom. The topological polar surface area (TPSA) is 78.9 Å². The van der Waals surface area contributed by atoms with Gasteiger partial charge in [0.25, 0.3) is 5.91 Å². The minimum absolute atomic E-state index is 0.289. The summed E-state index contributed by atoms with van der Waals surface area (Å²) >= 11 is 3.34. The lowest BCUT2D eigenvalue weighted by Gasteiger charge is -2.08. The van der Waals surface area contributed by atoms with Crippen molar-refractivity contribution < 1.29 is 4.79 Å². The van der Waals surface area contributed by atoms with Gasteiger partial charge in [0.1, 0.15) is 0 Å². The van der Waals surface area contributed by atoms with Crippen molar-refractivity contribution in [2.45, 2.75) is 0 Å². The highest BCUT2D eigenvalue weighted by Crippen LogP contribution is 2.25. The molecule has 2 aromatic carbocycles. The molecule has 0 aromatic heterocycles. The lowest BCUT2D eigenvalue weighted by atomic mass is 10.1. The number of carbonyl (C=O) groups is 1. The monoisotopic (exact) mass is 315 g/mol. The molecule has 0 unspecified atom stereocenters. The van der Waals surface area contributed by atoms with Gasteiger partial charge in [-0.05, 0) is 52.3 Å². The van der Waals surface area contributed by atoms with E-state index in [9.17, 15) is 4.79 Å². The third kappa shape index (κ3) is 3.12. The number of hydrogen-bond donors (Lipinski definition) is 2. The standard InChI is InChI=1S/C14H10BrN3O/c15-12-5-4-11(17)7-13(12)18-14(19)10-3-1-2-9(6-10)8-16/h1-7H,17H2,(H,18,19). The summed E-state index contributed by atoms with van der Waals surface area (Å²) in [5.74, 6) is -0.289. The Morgan fingerprint density at radius 3 is 2.79 bits per heavy atom. The van der Waals surface area contributed by atoms with Crippen LogP contribution in [-0.2, 0) is 0 Å². The predicted octanol–water partition coefficient (Wildman–Crippen LogP) is 3.16. The second kappa shape index (κ2) is 5.55. The van der Waals surface area contributed by atoms with Crippen molar-refractivity contribution >= 4 is 33.2 Å². The molecule has 0 aliphatic carbocycles. The number of nitriles is 1. The first kappa shape index (κ1) is 13.1. The zero-order valence-corrected chi connectivity index (χ0v) is 11.4. The quantitative estimate of drug-likeness (QED) is 0.835. The largest absolute Gasteiger partial charge is 0.399 e. The van der Waals surface area contributed by atoms with Gasteiger partial charge >= 0.3 is 0 Å². The molecule has 2 rings (SSSR count). The fourth-order valence-corrected chi connectivity index (χ4v) is 1.91. The van der Waals surface area contributed by atoms with Crippen LogP contribution >= 0.6 is 15.9 Å². The summed E-state index contributed by atoms with van der Waals surface area (Å²) in [6.45, 7) is 0. The number of carbonyl (C=O) groups excluding carboxylic acids is 1. The number of amides is 1. The Kier molecular flexibility index (Phi) is 3.83. The summed E-state index contributed by atoms with van der Waals surface area (Å²) in [6, 6.07) is 13.7. The zero-order valence-electron chi connectivity index (χ0n) is 9.85. The third-order valence-electron chi connectivity index (χ3n) is 2.49. The van der Waals surface area contributed by atoms with Gasteiger partial charge in [0.15, 0.2) is 0 Å². The van der Waals surface area contributed by atoms with Crippen LogP contribution in [0.15, 0.2) is 46.9 Å². The lowest BCUT2D eigenvalue weighted by Crippen LogP contribution is -2.12. The van der Waals surface area contributed by atoms with Gasteiger partial charge in [0, 0.05) is 15.7 Å². The van der Waals surface area contributed by atoms with Gasteiger partial charge in [-0.15, -0.1) is 0 Å². The van der Waals surface area contributed by atoms with E-state index in [0.29, 0.717) is 22.5 Å². The average molecular weight is 316 g/mol. The molecule has 4 nitrogen and oxygen atoms in total. The first-order valence-corrected chi connectivity index (χ1v) is 6.26. The lowest BCUT2D eigenvalue weighted by molar-refractivity contribution is 0.102. The molecular weight excluding hydrogens is 306 g/mol. The van der Waals surface area contributed by atoms with Gasteiger partial charge < -0.3 is 11.1 Å². The van der Waals surface area contributed by atoms with Gasteiger partial charge in [0.2, 0.25) is 0 Å². The van der Waals surface area contributed by atoms with E-state index in [0.717, 1.165) is 4.47 Å². The molecule has 0 saturated heterocycles. The van der Waals surface area contributed by atoms with E-state index >= 15 is 0 Å². The van der Waals surface area contributed by atoms with Crippen molar-refractivity contribution in [3.8, 4) is 6.07 Å². The van der Waals surface area contributed by atoms with E-state index < -0.39 is 0 Å². The van der Waals surface area contributed by atoms with Gasteiger partial charge in [-0.25, -0.2) is 0 Å². The Hall–Kier alpha value is -2.32. The molecule has 0 atom stereocenters. The molecule has 0 aliphatic rings. The fraction of sp³-hybridized carbons (Fsp3) is 0. The second-order valence-corrected chi connectivity index (χ2v) is 4.74. The first-order valence-electron chi connectivity index (χ1n) is 5.46. The Balaban J connectivity index is 2.26. The molecule has 3 N–H and O–H groups in total. The van der Waals surface area contributed by atoms with Gasteiger partial charge in [-0.2, -0.15) is 5.26 Å². The molecular formula is C14H10BrN3O. The number of rotatable bonds is 2. The molecule has 5 heteroatoms. The van der Waals surface area contributed by atoms with E-state index in [1.54, 1.807) is 36.4 Å². The molecule has 0 aliphatic heterocycles. The molecule has 94 valence electrons. The van der Waals surface area contributed by atoms with E-state index in [4.69, 9.17) is 11.0 Å². The van der Waals surface area contributed by atoms with Gasteiger partial charge in [-0.1, -0.05) is 6.07 Å². The summed E-state index contributed by atoms with van der Waals surface area (Å²) in [5.41, 5.74) is 7.69. The summed E-state index contributed by atoms with van der Waals surface area (Å²) < 4.78 is 0.742. The number of benzene rings is 2. The second-order valence-electron chi connectivity index (χ2n) is 3.89. The number of halogens is 1. The number of nitrogen functional groups attached to an aromatic ring is 1. The van der Waals surface area contributed by atoms with Crippen molar-refractivity contribution in [3.05, 3.63) is 58.1 Å². The number of nitrogens with zero attached hydrogens (tertiary/aromatic N) is 1. The SMILES string of the molecule is N#Cc1cccc(C(=O)Nc2cc(N)ccc2Br)c1. The summed E-state index contributed by atoms with van der Waals surface area (Å²) in [4.78, 5) is 12.1. The highest BCUT2D eigenvalue weighted by atomic mass is 79.9. The molecule has 1 amide bonds. The highest BCUT2D eigenvalue weighted by molar-refractivity contribution is 9.10. The Labute approximate surface area is 119 Å². The van der Waals surface area contributed by atoms with Gasteiger partial charge in [0.05, 0.1) is 17.3 Å². The smallest absolute Gasteiger partial charge is 0.255 e. The number of hydrogen-bond acceptors (Lipinski definition) is 3. The normalized spacial score (nSPS) is 9.68. The van der Waals surface area contributed by atoms with Gasteiger partial charge in [-0.3, -0.25) is 4.79 Å². The number of anilines is 2. The molecule has 2 aromatic rings. The highest BCUT2D eigenvalue weighted by Gasteiger charge is 2.09. The van der Waals surface area contributed by atoms with E-state index in [1.165, 1.54) is 6.07 Å². The molecule has 19 heavy (non-hydrogen) atoms. The van der Waals surface area contributed by atoms with Crippen molar-refractivity contribution in [1.29, 1.82) is 5.26 Å². The van der Waals surface area contributed by atoms with Crippen LogP contribution in [0.3, 0.4) is 0 Å². The van der Waals surface area contributed by atoms with Crippen molar-refractivity contribution in [2.24, 2.45) is 0 Å². The number of nitrogens with two attached hydrogens (primary N) is 1. The van der Waals surface area contributed by atoms with Crippen LogP contribution in [0.4, 0.5) is 11.4 Å². The van der Waals surface area contributed by atoms with Crippen molar-refractivity contribution in [1.82, 2.24) is 0 Å². The van der Waals surface area contributed by atoms with E-state index in [2.05, 4.69) is 21.2 Å². The Bertz CT molecular complexity index is 677. The van der Waals surface area contributed by atoms with Crippen LogP contribution in [0.25, 0.3) is 0 Å². The maximum absolute atomic E-state index is 12.1. The molecule has 0 heterocycles. The molecule has 0 bridgehead atoms. The van der Waals surface area contributed by atoms with Crippen LogP contribution in [0, 0.1) is 11.3 Å². The molecule has 0 saturated carbocycles. The maximum atomic E-state index is 12.1. The summed E-state index contributed by atoms with van der Waals surface area (Å²) in [6.07, 6.45) is 0. The first-order chi connectivity index (χ1) is 9.10. The number of nitrogens with one attached hydrogen (secondary N) is 1. The Morgan fingerprint density at radius 1 is 1.26 bits per heavy atom. The maximum Gasteiger partial charge on any atom is 0.255 e. The minimum atomic E-state index is -0.289. The molecule has 0 spiro atoms. The van der Waals surface area contributed by atoms with E-state index in [-0.39, 0.29) is 5.91 Å². The minimum Gasteiger partial charge on any atom is -0.399 e. The predicted molar refractivity (Wildman–Crippen MR) is 77.7 cm³/mol. The average Bonchev–Trinajstić information content (AvgIpc) is 2.43. The van der Waals surface area contributed by atoms with Crippen molar-refractivity contribution in [3.63, 3.8) is 0 Å². The third-order valence-corrected chi connectivity index (χ3v) is 3.18. The fourth-order valence-electron chi connectivity index (χ4n) is 1.56. The summed E-state index contributed by atoms with van der Waals surface area (Å²) in [5, 5.41) is 11.6.